The molecule has 2 nitrogen and oxygen atoms in total. The molecule has 2 aromatic rings. The highest BCUT2D eigenvalue weighted by atomic mass is 14.7. The van der Waals surface area contributed by atoms with Crippen molar-refractivity contribution >= 4 is 10.9 Å². The third-order valence-corrected chi connectivity index (χ3v) is 4.28. The highest BCUT2D eigenvalue weighted by Crippen LogP contribution is 2.37. The van der Waals surface area contributed by atoms with Gasteiger partial charge >= 0.3 is 0 Å². The quantitative estimate of drug-likeness (QED) is 0.873. The van der Waals surface area contributed by atoms with E-state index in [0.717, 1.165) is 12.5 Å². The monoisotopic (exact) mass is 240 g/mol. The van der Waals surface area contributed by atoms with E-state index >= 15 is 0 Å². The second-order valence-corrected chi connectivity index (χ2v) is 5.38. The smallest absolute Gasteiger partial charge is 0.0736 e. The molecule has 18 heavy (non-hydrogen) atoms. The van der Waals surface area contributed by atoms with Gasteiger partial charge in [0.05, 0.1) is 5.52 Å². The lowest BCUT2D eigenvalue weighted by Gasteiger charge is -2.28. The van der Waals surface area contributed by atoms with Gasteiger partial charge in [-0.15, -0.1) is 0 Å². The van der Waals surface area contributed by atoms with E-state index in [1.807, 2.05) is 12.3 Å². The van der Waals surface area contributed by atoms with Crippen LogP contribution in [0.25, 0.3) is 10.9 Å². The summed E-state index contributed by atoms with van der Waals surface area (Å²) in [6.07, 6.45) is 6.96. The second kappa shape index (κ2) is 5.07. The zero-order valence-corrected chi connectivity index (χ0v) is 10.7. The Kier molecular flexibility index (Phi) is 3.28. The lowest BCUT2D eigenvalue weighted by atomic mass is 9.78. The van der Waals surface area contributed by atoms with Gasteiger partial charge in [-0.1, -0.05) is 24.3 Å². The molecule has 1 saturated carbocycles. The summed E-state index contributed by atoms with van der Waals surface area (Å²) in [5.74, 6) is 1.41. The van der Waals surface area contributed by atoms with Gasteiger partial charge in [0, 0.05) is 11.6 Å². The number of nitrogens with zero attached hydrogens (tertiary/aromatic N) is 1. The third-order valence-electron chi connectivity index (χ3n) is 4.28. The lowest BCUT2D eigenvalue weighted by molar-refractivity contribution is 0.333. The van der Waals surface area contributed by atoms with Crippen LogP contribution in [-0.2, 0) is 0 Å². The zero-order chi connectivity index (χ0) is 12.4. The Labute approximate surface area is 108 Å². The largest absolute Gasteiger partial charge is 0.330 e. The normalized spacial score (nSPS) is 24.3. The molecule has 0 bridgehead atoms. The number of fused-ring (bicyclic) bond motifs is 1. The van der Waals surface area contributed by atoms with E-state index < -0.39 is 0 Å². The minimum atomic E-state index is 0.673. The van der Waals surface area contributed by atoms with Crippen molar-refractivity contribution in [1.82, 2.24) is 4.98 Å². The van der Waals surface area contributed by atoms with Gasteiger partial charge in [0.25, 0.3) is 0 Å². The molecule has 0 unspecified atom stereocenters. The van der Waals surface area contributed by atoms with E-state index in [-0.39, 0.29) is 0 Å². The fourth-order valence-corrected chi connectivity index (χ4v) is 3.17. The molecule has 0 saturated heterocycles. The minimum absolute atomic E-state index is 0.673. The average molecular weight is 240 g/mol. The number of rotatable bonds is 2. The van der Waals surface area contributed by atoms with E-state index in [9.17, 15) is 0 Å². The van der Waals surface area contributed by atoms with Crippen LogP contribution in [0.5, 0.6) is 0 Å². The zero-order valence-electron chi connectivity index (χ0n) is 10.7. The van der Waals surface area contributed by atoms with E-state index in [4.69, 9.17) is 5.73 Å². The van der Waals surface area contributed by atoms with Crippen LogP contribution in [0.15, 0.2) is 36.5 Å². The lowest BCUT2D eigenvalue weighted by Crippen LogP contribution is -2.20. The average Bonchev–Trinajstić information content (AvgIpc) is 2.47. The molecule has 0 radical (unpaired) electrons. The van der Waals surface area contributed by atoms with Crippen molar-refractivity contribution in [3.8, 4) is 0 Å². The molecule has 1 aliphatic rings. The first-order chi connectivity index (χ1) is 8.88. The highest BCUT2D eigenvalue weighted by molar-refractivity contribution is 5.82. The molecule has 0 aliphatic heterocycles. The number of hydrogen-bond acceptors (Lipinski definition) is 2. The maximum absolute atomic E-state index is 5.77. The van der Waals surface area contributed by atoms with Gasteiger partial charge in [-0.3, -0.25) is 4.98 Å². The molecule has 0 atom stereocenters. The Morgan fingerprint density at radius 2 is 1.83 bits per heavy atom. The van der Waals surface area contributed by atoms with Gasteiger partial charge < -0.3 is 5.73 Å². The standard InChI is InChI=1S/C16H20N2/c17-11-12-6-8-13(9-7-12)15-5-1-3-14-4-2-10-18-16(14)15/h1-5,10,12-13H,6-9,11,17H2. The van der Waals surface area contributed by atoms with Crippen molar-refractivity contribution in [1.29, 1.82) is 0 Å². The first-order valence-electron chi connectivity index (χ1n) is 6.92. The number of nitrogens with two attached hydrogens (primary N) is 1. The van der Waals surface area contributed by atoms with E-state index in [0.29, 0.717) is 5.92 Å². The molecule has 3 rings (SSSR count). The number of para-hydroxylation sites is 1. The maximum Gasteiger partial charge on any atom is 0.0736 e. The van der Waals surface area contributed by atoms with Crippen molar-refractivity contribution < 1.29 is 0 Å². The molecule has 1 fully saturated rings. The minimum Gasteiger partial charge on any atom is -0.330 e. The van der Waals surface area contributed by atoms with Crippen LogP contribution in [-0.4, -0.2) is 11.5 Å². The summed E-state index contributed by atoms with van der Waals surface area (Å²) in [6.45, 7) is 0.848. The maximum atomic E-state index is 5.77. The van der Waals surface area contributed by atoms with Crippen LogP contribution >= 0.6 is 0 Å². The molecule has 1 aliphatic carbocycles. The summed E-state index contributed by atoms with van der Waals surface area (Å²) in [4.78, 5) is 4.57. The van der Waals surface area contributed by atoms with Crippen molar-refractivity contribution in [2.45, 2.75) is 31.6 Å². The molecular formula is C16H20N2. The summed E-state index contributed by atoms with van der Waals surface area (Å²) < 4.78 is 0. The number of benzene rings is 1. The molecule has 0 spiro atoms. The molecular weight excluding hydrogens is 220 g/mol. The highest BCUT2D eigenvalue weighted by Gasteiger charge is 2.22. The van der Waals surface area contributed by atoms with Crippen LogP contribution in [0.4, 0.5) is 0 Å². The van der Waals surface area contributed by atoms with E-state index in [2.05, 4.69) is 29.2 Å². The summed E-state index contributed by atoms with van der Waals surface area (Å²) in [5, 5.41) is 1.26. The van der Waals surface area contributed by atoms with Gasteiger partial charge in [0.15, 0.2) is 0 Å². The van der Waals surface area contributed by atoms with E-state index in [1.165, 1.54) is 42.1 Å². The van der Waals surface area contributed by atoms with Gasteiger partial charge in [-0.25, -0.2) is 0 Å². The third kappa shape index (κ3) is 2.13. The molecule has 1 heterocycles. The Morgan fingerprint density at radius 3 is 2.61 bits per heavy atom. The molecule has 2 heteroatoms. The van der Waals surface area contributed by atoms with Crippen LogP contribution in [0, 0.1) is 5.92 Å². The molecule has 1 aromatic heterocycles. The van der Waals surface area contributed by atoms with Crippen LogP contribution < -0.4 is 5.73 Å². The van der Waals surface area contributed by atoms with Crippen LogP contribution in [0.1, 0.15) is 37.2 Å². The Hall–Kier alpha value is -1.41. The van der Waals surface area contributed by atoms with Gasteiger partial charge in [-0.2, -0.15) is 0 Å². The summed E-state index contributed by atoms with van der Waals surface area (Å²) in [5.41, 5.74) is 8.39. The van der Waals surface area contributed by atoms with Crippen molar-refractivity contribution in [2.75, 3.05) is 6.54 Å². The number of pyridine rings is 1. The van der Waals surface area contributed by atoms with Crippen LogP contribution in [0.2, 0.25) is 0 Å². The van der Waals surface area contributed by atoms with Crippen molar-refractivity contribution in [3.05, 3.63) is 42.1 Å². The summed E-state index contributed by atoms with van der Waals surface area (Å²) in [7, 11) is 0. The first-order valence-corrected chi connectivity index (χ1v) is 6.92. The fourth-order valence-electron chi connectivity index (χ4n) is 3.17. The predicted octanol–water partition coefficient (Wildman–Crippen LogP) is 3.47. The molecule has 94 valence electrons. The Morgan fingerprint density at radius 1 is 1.06 bits per heavy atom. The molecule has 1 aromatic carbocycles. The molecule has 0 amide bonds. The van der Waals surface area contributed by atoms with Crippen molar-refractivity contribution in [3.63, 3.8) is 0 Å². The van der Waals surface area contributed by atoms with E-state index in [1.54, 1.807) is 0 Å². The van der Waals surface area contributed by atoms with Crippen LogP contribution in [0.3, 0.4) is 0 Å². The van der Waals surface area contributed by atoms with Gasteiger partial charge in [0.2, 0.25) is 0 Å². The Bertz CT molecular complexity index is 522. The summed E-state index contributed by atoms with van der Waals surface area (Å²) in [6, 6.07) is 10.7. The van der Waals surface area contributed by atoms with Gasteiger partial charge in [-0.05, 0) is 55.7 Å². The number of hydrogen-bond donors (Lipinski definition) is 1. The second-order valence-electron chi connectivity index (χ2n) is 5.38. The first kappa shape index (κ1) is 11.7. The topological polar surface area (TPSA) is 38.9 Å². The molecule has 2 N–H and O–H groups in total. The van der Waals surface area contributed by atoms with Crippen molar-refractivity contribution in [2.24, 2.45) is 11.7 Å². The fraction of sp³-hybridized carbons (Fsp3) is 0.438. The SMILES string of the molecule is NCC1CCC(c2cccc3cccnc23)CC1. The van der Waals surface area contributed by atoms with Gasteiger partial charge in [0.1, 0.15) is 0 Å². The summed E-state index contributed by atoms with van der Waals surface area (Å²) >= 11 is 0. The predicted molar refractivity (Wildman–Crippen MR) is 75.5 cm³/mol. The Balaban J connectivity index is 1.91. The number of aromatic nitrogens is 1.